The number of amides is 1. The fourth-order valence-electron chi connectivity index (χ4n) is 1.49. The number of rotatable bonds is 6. The highest BCUT2D eigenvalue weighted by Crippen LogP contribution is 2.25. The zero-order chi connectivity index (χ0) is 14.4. The van der Waals surface area contributed by atoms with E-state index < -0.39 is 4.92 Å². The number of anilines is 1. The second-order valence-electron chi connectivity index (χ2n) is 3.85. The van der Waals surface area contributed by atoms with Crippen LogP contribution in [-0.4, -0.2) is 29.7 Å². The van der Waals surface area contributed by atoms with Crippen LogP contribution in [0.1, 0.15) is 24.2 Å². The fraction of sp³-hybridized carbons (Fsp3) is 0.333. The maximum atomic E-state index is 11.3. The Hall–Kier alpha value is -2.44. The van der Waals surface area contributed by atoms with Crippen LogP contribution in [0.3, 0.4) is 0 Å². The second kappa shape index (κ2) is 6.48. The molecule has 0 aromatic heterocycles. The summed E-state index contributed by atoms with van der Waals surface area (Å²) in [7, 11) is 0. The molecule has 19 heavy (non-hydrogen) atoms. The Balaban J connectivity index is 2.91. The molecule has 0 unspecified atom stereocenters. The third-order valence-electron chi connectivity index (χ3n) is 2.41. The van der Waals surface area contributed by atoms with Crippen LogP contribution in [0, 0.1) is 10.1 Å². The first-order chi connectivity index (χ1) is 8.95. The van der Waals surface area contributed by atoms with Crippen LogP contribution in [0.15, 0.2) is 18.2 Å². The largest absolute Gasteiger partial charge is 0.371 e. The number of carbonyl (C=O) groups excluding carboxylic acids is 2. The van der Waals surface area contributed by atoms with E-state index in [1.807, 2.05) is 0 Å². The topological polar surface area (TPSA) is 101 Å². The predicted molar refractivity (Wildman–Crippen MR) is 70.3 cm³/mol. The number of hydrogen-bond acceptors (Lipinski definition) is 5. The molecule has 2 N–H and O–H groups in total. The standard InChI is InChI=1S/C12H15N3O4/c1-3-13-12(17)7-14-10-5-4-9(8(2)16)6-11(10)15(18)19/h4-6,14H,3,7H2,1-2H3,(H,13,17). The van der Waals surface area contributed by atoms with Crippen molar-refractivity contribution in [1.82, 2.24) is 5.32 Å². The maximum Gasteiger partial charge on any atom is 0.293 e. The van der Waals surface area contributed by atoms with Crippen molar-refractivity contribution in [3.63, 3.8) is 0 Å². The lowest BCUT2D eigenvalue weighted by Crippen LogP contribution is -2.29. The highest BCUT2D eigenvalue weighted by atomic mass is 16.6. The van der Waals surface area contributed by atoms with Gasteiger partial charge in [0.2, 0.25) is 5.91 Å². The van der Waals surface area contributed by atoms with Crippen LogP contribution >= 0.6 is 0 Å². The summed E-state index contributed by atoms with van der Waals surface area (Å²) in [6.07, 6.45) is 0. The quantitative estimate of drug-likeness (QED) is 0.459. The van der Waals surface area contributed by atoms with E-state index in [0.29, 0.717) is 6.54 Å². The molecule has 0 saturated heterocycles. The van der Waals surface area contributed by atoms with Gasteiger partial charge in [0.25, 0.3) is 5.69 Å². The number of nitro benzene ring substituents is 1. The summed E-state index contributed by atoms with van der Waals surface area (Å²) in [6, 6.07) is 4.10. The van der Waals surface area contributed by atoms with E-state index in [-0.39, 0.29) is 35.2 Å². The molecule has 7 heteroatoms. The van der Waals surface area contributed by atoms with Gasteiger partial charge in [-0.25, -0.2) is 0 Å². The van der Waals surface area contributed by atoms with Crippen LogP contribution in [0.4, 0.5) is 11.4 Å². The Labute approximate surface area is 110 Å². The molecule has 1 rings (SSSR count). The van der Waals surface area contributed by atoms with E-state index in [1.165, 1.54) is 25.1 Å². The number of Topliss-reactive ketones (excluding diaryl/α,β-unsaturated/α-hetero) is 1. The number of likely N-dealkylation sites (N-methyl/N-ethyl adjacent to an activating group) is 1. The molecule has 7 nitrogen and oxygen atoms in total. The summed E-state index contributed by atoms with van der Waals surface area (Å²) in [6.45, 7) is 3.54. The molecule has 0 aliphatic carbocycles. The minimum Gasteiger partial charge on any atom is -0.371 e. The molecule has 0 bridgehead atoms. The number of carbonyl (C=O) groups is 2. The van der Waals surface area contributed by atoms with Gasteiger partial charge in [-0.15, -0.1) is 0 Å². The number of nitrogens with one attached hydrogen (secondary N) is 2. The molecule has 0 fully saturated rings. The molecular weight excluding hydrogens is 250 g/mol. The molecule has 0 atom stereocenters. The van der Waals surface area contributed by atoms with E-state index in [4.69, 9.17) is 0 Å². The third-order valence-corrected chi connectivity index (χ3v) is 2.41. The van der Waals surface area contributed by atoms with Crippen molar-refractivity contribution < 1.29 is 14.5 Å². The third kappa shape index (κ3) is 4.06. The summed E-state index contributed by atoms with van der Waals surface area (Å²) >= 11 is 0. The van der Waals surface area contributed by atoms with Gasteiger partial charge in [0, 0.05) is 18.2 Å². The summed E-state index contributed by atoms with van der Waals surface area (Å²) in [5.74, 6) is -0.509. The minimum atomic E-state index is -0.591. The number of nitro groups is 1. The Kier molecular flexibility index (Phi) is 4.99. The first-order valence-corrected chi connectivity index (χ1v) is 5.75. The molecular formula is C12H15N3O4. The molecule has 1 aromatic rings. The summed E-state index contributed by atoms with van der Waals surface area (Å²) in [5.41, 5.74) is 0.244. The van der Waals surface area contributed by atoms with Crippen molar-refractivity contribution in [3.05, 3.63) is 33.9 Å². The van der Waals surface area contributed by atoms with E-state index >= 15 is 0 Å². The van der Waals surface area contributed by atoms with Crippen LogP contribution in [0.2, 0.25) is 0 Å². The second-order valence-corrected chi connectivity index (χ2v) is 3.85. The maximum absolute atomic E-state index is 11.3. The van der Waals surface area contributed by atoms with E-state index in [0.717, 1.165) is 0 Å². The van der Waals surface area contributed by atoms with Crippen LogP contribution in [-0.2, 0) is 4.79 Å². The monoisotopic (exact) mass is 265 g/mol. The molecule has 0 spiro atoms. The van der Waals surface area contributed by atoms with Gasteiger partial charge in [0.15, 0.2) is 5.78 Å². The highest BCUT2D eigenvalue weighted by Gasteiger charge is 2.16. The summed E-state index contributed by atoms with van der Waals surface area (Å²) in [5, 5.41) is 16.2. The van der Waals surface area contributed by atoms with E-state index in [9.17, 15) is 19.7 Å². The van der Waals surface area contributed by atoms with Crippen LogP contribution < -0.4 is 10.6 Å². The van der Waals surface area contributed by atoms with E-state index in [2.05, 4.69) is 10.6 Å². The number of hydrogen-bond donors (Lipinski definition) is 2. The number of nitrogens with zero attached hydrogens (tertiary/aromatic N) is 1. The van der Waals surface area contributed by atoms with Gasteiger partial charge < -0.3 is 10.6 Å². The lowest BCUT2D eigenvalue weighted by atomic mass is 10.1. The Bertz CT molecular complexity index is 514. The van der Waals surface area contributed by atoms with Gasteiger partial charge in [-0.2, -0.15) is 0 Å². The minimum absolute atomic E-state index is 0.0614. The number of ketones is 1. The predicted octanol–water partition coefficient (Wildman–Crippen LogP) is 1.35. The molecule has 0 aliphatic heterocycles. The van der Waals surface area contributed by atoms with Gasteiger partial charge in [0.05, 0.1) is 11.5 Å². The fourth-order valence-corrected chi connectivity index (χ4v) is 1.49. The highest BCUT2D eigenvalue weighted by molar-refractivity contribution is 5.95. The van der Waals surface area contributed by atoms with Gasteiger partial charge in [-0.05, 0) is 26.0 Å². The molecule has 0 heterocycles. The molecule has 1 amide bonds. The summed E-state index contributed by atoms with van der Waals surface area (Å²) < 4.78 is 0. The van der Waals surface area contributed by atoms with Crippen molar-refractivity contribution in [2.24, 2.45) is 0 Å². The Morgan fingerprint density at radius 2 is 2.05 bits per heavy atom. The smallest absolute Gasteiger partial charge is 0.293 e. The molecule has 0 saturated carbocycles. The van der Waals surface area contributed by atoms with Crippen molar-refractivity contribution in [2.45, 2.75) is 13.8 Å². The van der Waals surface area contributed by atoms with E-state index in [1.54, 1.807) is 6.92 Å². The zero-order valence-corrected chi connectivity index (χ0v) is 10.7. The molecule has 0 aliphatic rings. The zero-order valence-electron chi connectivity index (χ0n) is 10.7. The lowest BCUT2D eigenvalue weighted by Gasteiger charge is -2.07. The number of benzene rings is 1. The van der Waals surface area contributed by atoms with Gasteiger partial charge >= 0.3 is 0 Å². The molecule has 0 radical (unpaired) electrons. The normalized spacial score (nSPS) is 9.79. The Morgan fingerprint density at radius 1 is 1.37 bits per heavy atom. The first-order valence-electron chi connectivity index (χ1n) is 5.75. The van der Waals surface area contributed by atoms with Gasteiger partial charge in [-0.3, -0.25) is 19.7 Å². The lowest BCUT2D eigenvalue weighted by molar-refractivity contribution is -0.384. The van der Waals surface area contributed by atoms with Crippen molar-refractivity contribution in [3.8, 4) is 0 Å². The van der Waals surface area contributed by atoms with Crippen molar-refractivity contribution in [1.29, 1.82) is 0 Å². The summed E-state index contributed by atoms with van der Waals surface area (Å²) in [4.78, 5) is 32.8. The average molecular weight is 265 g/mol. The van der Waals surface area contributed by atoms with Crippen molar-refractivity contribution in [2.75, 3.05) is 18.4 Å². The molecule has 1 aromatic carbocycles. The average Bonchev–Trinajstić information content (AvgIpc) is 2.36. The van der Waals surface area contributed by atoms with Crippen molar-refractivity contribution >= 4 is 23.1 Å². The van der Waals surface area contributed by atoms with Gasteiger partial charge in [-0.1, -0.05) is 0 Å². The van der Waals surface area contributed by atoms with Gasteiger partial charge in [0.1, 0.15) is 5.69 Å². The SMILES string of the molecule is CCNC(=O)CNc1ccc(C(C)=O)cc1[N+](=O)[O-]. The van der Waals surface area contributed by atoms with Crippen LogP contribution in [0.25, 0.3) is 0 Å². The molecule has 102 valence electrons. The first kappa shape index (κ1) is 14.6. The Morgan fingerprint density at radius 3 is 2.58 bits per heavy atom. The van der Waals surface area contributed by atoms with Crippen LogP contribution in [0.5, 0.6) is 0 Å².